The Kier molecular flexibility index (Phi) is 4.73. The molecule has 3 N–H and O–H groups in total. The van der Waals surface area contributed by atoms with E-state index >= 15 is 0 Å². The Balaban J connectivity index is 2.66. The zero-order valence-corrected chi connectivity index (χ0v) is 9.66. The van der Waals surface area contributed by atoms with Gasteiger partial charge in [0.25, 0.3) is 5.91 Å². The van der Waals surface area contributed by atoms with Crippen LogP contribution in [0.15, 0.2) is 18.2 Å². The first-order valence-electron chi connectivity index (χ1n) is 4.88. The summed E-state index contributed by atoms with van der Waals surface area (Å²) in [4.78, 5) is 11.7. The van der Waals surface area contributed by atoms with Crippen molar-refractivity contribution in [3.8, 4) is 0 Å². The molecule has 0 aliphatic rings. The molecule has 0 fully saturated rings. The molecular formula is C11H14ClNO3. The summed E-state index contributed by atoms with van der Waals surface area (Å²) in [5, 5.41) is 20.8. The van der Waals surface area contributed by atoms with Gasteiger partial charge in [-0.15, -0.1) is 0 Å². The molecule has 1 rings (SSSR count). The van der Waals surface area contributed by atoms with Crippen LogP contribution in [-0.2, 0) is 0 Å². The number of aliphatic hydroxyl groups excluding tert-OH is 2. The van der Waals surface area contributed by atoms with E-state index in [1.54, 1.807) is 25.1 Å². The van der Waals surface area contributed by atoms with Crippen LogP contribution in [0.25, 0.3) is 0 Å². The number of halogens is 1. The quantitative estimate of drug-likeness (QED) is 0.730. The highest BCUT2D eigenvalue weighted by atomic mass is 35.5. The van der Waals surface area contributed by atoms with Gasteiger partial charge in [-0.05, 0) is 30.7 Å². The third-order valence-electron chi connectivity index (χ3n) is 2.14. The molecule has 4 nitrogen and oxygen atoms in total. The third kappa shape index (κ3) is 3.48. The highest BCUT2D eigenvalue weighted by molar-refractivity contribution is 6.30. The largest absolute Gasteiger partial charge is 0.394 e. The summed E-state index contributed by atoms with van der Waals surface area (Å²) in [6.45, 7) is 1.43. The number of carbonyl (C=O) groups excluding carboxylic acids is 1. The fourth-order valence-corrected chi connectivity index (χ4v) is 1.48. The van der Waals surface area contributed by atoms with E-state index in [1.807, 2.05) is 0 Å². The van der Waals surface area contributed by atoms with Gasteiger partial charge in [-0.25, -0.2) is 0 Å². The first kappa shape index (κ1) is 13.0. The van der Waals surface area contributed by atoms with Gasteiger partial charge in [0, 0.05) is 17.1 Å². The Morgan fingerprint density at radius 2 is 2.25 bits per heavy atom. The standard InChI is InChI=1S/C11H14ClNO3/c1-7-4-8(12)2-3-10(7)11(16)13-5-9(15)6-14/h2-4,9,14-15H,5-6H2,1H3,(H,13,16). The lowest BCUT2D eigenvalue weighted by molar-refractivity contribution is 0.0801. The van der Waals surface area contributed by atoms with Gasteiger partial charge >= 0.3 is 0 Å². The van der Waals surface area contributed by atoms with Gasteiger partial charge in [-0.1, -0.05) is 11.6 Å². The number of amides is 1. The molecule has 1 aromatic rings. The summed E-state index contributed by atoms with van der Waals surface area (Å²) in [5.41, 5.74) is 1.28. The minimum absolute atomic E-state index is 0.0252. The Morgan fingerprint density at radius 3 is 2.81 bits per heavy atom. The molecule has 0 bridgehead atoms. The zero-order valence-electron chi connectivity index (χ0n) is 8.90. The van der Waals surface area contributed by atoms with Crippen molar-refractivity contribution < 1.29 is 15.0 Å². The predicted molar refractivity (Wildman–Crippen MR) is 61.6 cm³/mol. The Hall–Kier alpha value is -1.10. The SMILES string of the molecule is Cc1cc(Cl)ccc1C(=O)NCC(O)CO. The average molecular weight is 244 g/mol. The number of nitrogens with one attached hydrogen (secondary N) is 1. The second-order valence-electron chi connectivity index (χ2n) is 3.51. The van der Waals surface area contributed by atoms with Crippen LogP contribution >= 0.6 is 11.6 Å². The highest BCUT2D eigenvalue weighted by Crippen LogP contribution is 2.14. The van der Waals surface area contributed by atoms with Gasteiger partial charge in [-0.2, -0.15) is 0 Å². The number of hydrogen-bond acceptors (Lipinski definition) is 3. The number of rotatable bonds is 4. The summed E-state index contributed by atoms with van der Waals surface area (Å²) in [6.07, 6.45) is -0.934. The van der Waals surface area contributed by atoms with Gasteiger partial charge in [0.1, 0.15) is 0 Å². The molecule has 0 saturated carbocycles. The van der Waals surface area contributed by atoms with Gasteiger partial charge < -0.3 is 15.5 Å². The van der Waals surface area contributed by atoms with Crippen LogP contribution in [0.4, 0.5) is 0 Å². The lowest BCUT2D eigenvalue weighted by atomic mass is 10.1. The van der Waals surface area contributed by atoms with Gasteiger partial charge in [0.2, 0.25) is 0 Å². The molecule has 0 radical (unpaired) electrons. The van der Waals surface area contributed by atoms with Crippen LogP contribution < -0.4 is 5.32 Å². The second kappa shape index (κ2) is 5.84. The number of aliphatic hydroxyl groups is 2. The van der Waals surface area contributed by atoms with Gasteiger partial charge in [-0.3, -0.25) is 4.79 Å². The van der Waals surface area contributed by atoms with E-state index in [2.05, 4.69) is 5.32 Å². The first-order chi connectivity index (χ1) is 7.54. The van der Waals surface area contributed by atoms with E-state index in [4.69, 9.17) is 21.8 Å². The third-order valence-corrected chi connectivity index (χ3v) is 2.38. The van der Waals surface area contributed by atoms with Crippen LogP contribution in [0.5, 0.6) is 0 Å². The van der Waals surface area contributed by atoms with Crippen molar-refractivity contribution in [1.29, 1.82) is 0 Å². The number of benzene rings is 1. The summed E-state index contributed by atoms with van der Waals surface area (Å²) in [7, 11) is 0. The molecule has 0 aliphatic heterocycles. The molecule has 0 saturated heterocycles. The highest BCUT2D eigenvalue weighted by Gasteiger charge is 2.10. The molecule has 0 aromatic heterocycles. The summed E-state index contributed by atoms with van der Waals surface area (Å²) in [5.74, 6) is -0.290. The predicted octanol–water partition coefficient (Wildman–Crippen LogP) is 0.731. The van der Waals surface area contributed by atoms with Crippen molar-refractivity contribution in [2.24, 2.45) is 0 Å². The van der Waals surface area contributed by atoms with Crippen molar-refractivity contribution in [2.45, 2.75) is 13.0 Å². The van der Waals surface area contributed by atoms with Gasteiger partial charge in [0.05, 0.1) is 12.7 Å². The fourth-order valence-electron chi connectivity index (χ4n) is 1.25. The van der Waals surface area contributed by atoms with Crippen molar-refractivity contribution in [3.05, 3.63) is 34.3 Å². The first-order valence-corrected chi connectivity index (χ1v) is 5.25. The monoisotopic (exact) mass is 243 g/mol. The van der Waals surface area contributed by atoms with Crippen molar-refractivity contribution >= 4 is 17.5 Å². The number of aryl methyl sites for hydroxylation is 1. The summed E-state index contributed by atoms with van der Waals surface area (Å²) in [6, 6.07) is 4.95. The molecule has 1 amide bonds. The molecule has 1 atom stereocenters. The van der Waals surface area contributed by atoms with Crippen LogP contribution in [0.3, 0.4) is 0 Å². The maximum absolute atomic E-state index is 11.7. The minimum atomic E-state index is -0.934. The maximum Gasteiger partial charge on any atom is 0.251 e. The maximum atomic E-state index is 11.7. The normalized spacial score (nSPS) is 12.2. The van der Waals surface area contributed by atoms with Crippen molar-refractivity contribution in [3.63, 3.8) is 0 Å². The Morgan fingerprint density at radius 1 is 1.56 bits per heavy atom. The summed E-state index contributed by atoms with van der Waals surface area (Å²) >= 11 is 5.77. The average Bonchev–Trinajstić information content (AvgIpc) is 2.25. The van der Waals surface area contributed by atoms with Crippen molar-refractivity contribution in [1.82, 2.24) is 5.32 Å². The van der Waals surface area contributed by atoms with Gasteiger partial charge in [0.15, 0.2) is 0 Å². The van der Waals surface area contributed by atoms with E-state index in [9.17, 15) is 4.79 Å². The molecule has 1 unspecified atom stereocenters. The van der Waals surface area contributed by atoms with Crippen molar-refractivity contribution in [2.75, 3.05) is 13.2 Å². The van der Waals surface area contributed by atoms with E-state index in [1.165, 1.54) is 0 Å². The molecule has 0 spiro atoms. The smallest absolute Gasteiger partial charge is 0.251 e. The van der Waals surface area contributed by atoms with Crippen LogP contribution in [-0.4, -0.2) is 35.4 Å². The fraction of sp³-hybridized carbons (Fsp3) is 0.364. The second-order valence-corrected chi connectivity index (χ2v) is 3.94. The van der Waals surface area contributed by atoms with Crippen LogP contribution in [0, 0.1) is 6.92 Å². The lowest BCUT2D eigenvalue weighted by Crippen LogP contribution is -2.34. The lowest BCUT2D eigenvalue weighted by Gasteiger charge is -2.10. The molecule has 1 aromatic carbocycles. The van der Waals surface area contributed by atoms with Crippen LogP contribution in [0.2, 0.25) is 5.02 Å². The molecular weight excluding hydrogens is 230 g/mol. The number of carbonyl (C=O) groups is 1. The zero-order chi connectivity index (χ0) is 12.1. The van der Waals surface area contributed by atoms with E-state index in [0.29, 0.717) is 10.6 Å². The topological polar surface area (TPSA) is 69.6 Å². The summed E-state index contributed by atoms with van der Waals surface area (Å²) < 4.78 is 0. The molecule has 88 valence electrons. The molecule has 5 heteroatoms. The van der Waals surface area contributed by atoms with E-state index in [-0.39, 0.29) is 19.1 Å². The van der Waals surface area contributed by atoms with E-state index in [0.717, 1.165) is 5.56 Å². The van der Waals surface area contributed by atoms with Crippen LogP contribution in [0.1, 0.15) is 15.9 Å². The molecule has 16 heavy (non-hydrogen) atoms. The Labute approximate surface area is 98.9 Å². The minimum Gasteiger partial charge on any atom is -0.394 e. The number of hydrogen-bond donors (Lipinski definition) is 3. The van der Waals surface area contributed by atoms with E-state index < -0.39 is 6.10 Å². The molecule has 0 aliphatic carbocycles. The Bertz CT molecular complexity index is 381. The molecule has 0 heterocycles.